The first kappa shape index (κ1) is 42.4. The Morgan fingerprint density at radius 3 is 1.33 bits per heavy atom. The zero-order chi connectivity index (χ0) is 38.9. The van der Waals surface area contributed by atoms with Crippen molar-refractivity contribution < 1.29 is 28.5 Å². The number of fused-ring (bicyclic) bond motifs is 1. The second kappa shape index (κ2) is 17.7. The lowest BCUT2D eigenvalue weighted by Gasteiger charge is -2.25. The van der Waals surface area contributed by atoms with Crippen LogP contribution in [0.3, 0.4) is 0 Å². The van der Waals surface area contributed by atoms with Crippen LogP contribution < -0.4 is 24.7 Å². The highest BCUT2D eigenvalue weighted by Crippen LogP contribution is 2.35. The Morgan fingerprint density at radius 1 is 0.558 bits per heavy atom. The van der Waals surface area contributed by atoms with Crippen molar-refractivity contribution in [1.29, 1.82) is 0 Å². The highest BCUT2D eigenvalue weighted by molar-refractivity contribution is 6.21. The maximum atomic E-state index is 12.5. The van der Waals surface area contributed by atoms with Gasteiger partial charge in [-0.3, -0.25) is 14.5 Å². The van der Waals surface area contributed by atoms with Crippen LogP contribution in [0.4, 0.5) is 0 Å². The Kier molecular flexibility index (Phi) is 14.4. The Morgan fingerprint density at radius 2 is 0.962 bits per heavy atom. The van der Waals surface area contributed by atoms with Crippen LogP contribution in [-0.4, -0.2) is 54.2 Å². The van der Waals surface area contributed by atoms with Crippen LogP contribution in [0.25, 0.3) is 0 Å². The van der Waals surface area contributed by atoms with Crippen molar-refractivity contribution in [2.24, 2.45) is 16.6 Å². The molecule has 52 heavy (non-hydrogen) atoms. The third-order valence-electron chi connectivity index (χ3n) is 7.59. The van der Waals surface area contributed by atoms with Gasteiger partial charge in [0, 0.05) is 6.54 Å². The number of hydrogen-bond acceptors (Lipinski definition) is 7. The summed E-state index contributed by atoms with van der Waals surface area (Å²) in [5, 5.41) is 0. The van der Waals surface area contributed by atoms with Crippen molar-refractivity contribution in [3.8, 4) is 23.0 Å². The first-order valence-electron chi connectivity index (χ1n) is 18.6. The minimum Gasteiger partial charge on any atom is -0.490 e. The molecule has 3 aromatic rings. The highest BCUT2D eigenvalue weighted by Gasteiger charge is 2.34. The maximum Gasteiger partial charge on any atom is 0.261 e. The molecule has 8 nitrogen and oxygen atoms in total. The Balaban J connectivity index is 0.000000304. The van der Waals surface area contributed by atoms with E-state index in [1.165, 1.54) is 16.0 Å². The van der Waals surface area contributed by atoms with E-state index in [1.807, 2.05) is 53.7 Å². The second-order valence-corrected chi connectivity index (χ2v) is 18.0. The molecule has 0 saturated heterocycles. The van der Waals surface area contributed by atoms with Gasteiger partial charge in [-0.15, -0.1) is 0 Å². The average Bonchev–Trinajstić information content (AvgIpc) is 3.23. The molecule has 3 aromatic carbocycles. The average molecular weight is 717 g/mol. The van der Waals surface area contributed by atoms with Crippen molar-refractivity contribution in [2.75, 3.05) is 26.3 Å². The van der Waals surface area contributed by atoms with Gasteiger partial charge in [-0.2, -0.15) is 0 Å². The predicted molar refractivity (Wildman–Crippen MR) is 211 cm³/mol. The van der Waals surface area contributed by atoms with E-state index < -0.39 is 0 Å². The first-order chi connectivity index (χ1) is 24.0. The summed E-state index contributed by atoms with van der Waals surface area (Å²) >= 11 is 0. The molecule has 0 fully saturated rings. The lowest BCUT2D eigenvalue weighted by molar-refractivity contribution is 0.0645. The molecule has 0 saturated carbocycles. The third kappa shape index (κ3) is 14.2. The van der Waals surface area contributed by atoms with Crippen LogP contribution in [0.1, 0.15) is 128 Å². The standard InChI is InChI=1S/C26H33NO4.C18H31NO2/c1-25(2,3)17-18-12-13-21(22(16-18)31-26(4,5)6)30-15-9-14-27-23(28)19-10-7-8-11-20(19)24(27)29;1-17(2,3)13-14-8-9-15(20-11-7-10-19)16(12-14)21-18(4,5)6/h7-8,10-13,16H,9,14-15,17H2,1-6H3;8-9,12H,7,10-11,13,19H2,1-6H3. The SMILES string of the molecule is CC(C)(C)Cc1ccc(OCCCN)c(OC(C)(C)C)c1.CC(C)(C)Cc1ccc(OCCCN2C(=O)c3ccccc3C2=O)c(OC(C)(C)C)c1. The highest BCUT2D eigenvalue weighted by atomic mass is 16.5. The fourth-order valence-corrected chi connectivity index (χ4v) is 5.72. The first-order valence-corrected chi connectivity index (χ1v) is 18.6. The summed E-state index contributed by atoms with van der Waals surface area (Å²) in [6, 6.07) is 19.3. The summed E-state index contributed by atoms with van der Waals surface area (Å²) in [5.74, 6) is 2.55. The predicted octanol–water partition coefficient (Wildman–Crippen LogP) is 9.70. The van der Waals surface area contributed by atoms with Gasteiger partial charge in [-0.25, -0.2) is 0 Å². The van der Waals surface area contributed by atoms with E-state index in [0.29, 0.717) is 49.6 Å². The monoisotopic (exact) mass is 716 g/mol. The zero-order valence-electron chi connectivity index (χ0n) is 33.9. The molecule has 1 aliphatic rings. The molecule has 1 aliphatic heterocycles. The van der Waals surface area contributed by atoms with Crippen molar-refractivity contribution in [1.82, 2.24) is 4.90 Å². The fraction of sp³-hybridized carbons (Fsp3) is 0.545. The van der Waals surface area contributed by atoms with E-state index in [9.17, 15) is 9.59 Å². The number of carbonyl (C=O) groups is 2. The third-order valence-corrected chi connectivity index (χ3v) is 7.59. The normalized spacial score (nSPS) is 13.4. The number of rotatable bonds is 13. The van der Waals surface area contributed by atoms with E-state index in [2.05, 4.69) is 65.8 Å². The molecule has 0 atom stereocenters. The van der Waals surface area contributed by atoms with E-state index in [0.717, 1.165) is 36.5 Å². The summed E-state index contributed by atoms with van der Waals surface area (Å²) < 4.78 is 24.0. The zero-order valence-corrected chi connectivity index (χ0v) is 33.9. The lowest BCUT2D eigenvalue weighted by Crippen LogP contribution is -2.31. The Bertz CT molecular complexity index is 1600. The van der Waals surface area contributed by atoms with Crippen LogP contribution in [0, 0.1) is 10.8 Å². The summed E-state index contributed by atoms with van der Waals surface area (Å²) in [6.07, 6.45) is 3.34. The molecule has 0 aliphatic carbocycles. The molecular formula is C44H64N2O6. The summed E-state index contributed by atoms with van der Waals surface area (Å²) in [5.41, 5.74) is 8.77. The van der Waals surface area contributed by atoms with Crippen LogP contribution in [0.5, 0.6) is 23.0 Å². The maximum absolute atomic E-state index is 12.5. The van der Waals surface area contributed by atoms with E-state index in [-0.39, 0.29) is 33.8 Å². The minimum atomic E-state index is -0.349. The topological polar surface area (TPSA) is 100 Å². The molecule has 0 aromatic heterocycles. The molecule has 8 heteroatoms. The molecule has 0 unspecified atom stereocenters. The van der Waals surface area contributed by atoms with Crippen molar-refractivity contribution in [3.05, 3.63) is 82.9 Å². The molecule has 2 N–H and O–H groups in total. The minimum absolute atomic E-state index is 0.174. The number of ether oxygens (including phenoxy) is 4. The molecule has 4 rings (SSSR count). The van der Waals surface area contributed by atoms with Gasteiger partial charge in [-0.05, 0) is 132 Å². The summed E-state index contributed by atoms with van der Waals surface area (Å²) in [4.78, 5) is 26.3. The molecule has 0 spiro atoms. The van der Waals surface area contributed by atoms with Crippen LogP contribution >= 0.6 is 0 Å². The van der Waals surface area contributed by atoms with Gasteiger partial charge in [0.1, 0.15) is 11.2 Å². The molecule has 2 amide bonds. The van der Waals surface area contributed by atoms with Gasteiger partial charge in [0.15, 0.2) is 23.0 Å². The fourth-order valence-electron chi connectivity index (χ4n) is 5.72. The quantitative estimate of drug-likeness (QED) is 0.139. The number of benzene rings is 3. The van der Waals surface area contributed by atoms with E-state index in [1.54, 1.807) is 24.3 Å². The van der Waals surface area contributed by atoms with Gasteiger partial charge >= 0.3 is 0 Å². The van der Waals surface area contributed by atoms with Crippen molar-refractivity contribution in [2.45, 2.75) is 120 Å². The Labute approximate surface area is 313 Å². The van der Waals surface area contributed by atoms with Crippen LogP contribution in [0.15, 0.2) is 60.7 Å². The number of imide groups is 1. The van der Waals surface area contributed by atoms with Gasteiger partial charge in [0.05, 0.1) is 24.3 Å². The largest absolute Gasteiger partial charge is 0.490 e. The molecule has 286 valence electrons. The Hall–Kier alpha value is -4.04. The van der Waals surface area contributed by atoms with Crippen LogP contribution in [-0.2, 0) is 12.8 Å². The number of amides is 2. The van der Waals surface area contributed by atoms with Gasteiger partial charge in [0.2, 0.25) is 0 Å². The summed E-state index contributed by atoms with van der Waals surface area (Å²) in [7, 11) is 0. The van der Waals surface area contributed by atoms with E-state index in [4.69, 9.17) is 24.7 Å². The number of carbonyl (C=O) groups excluding carboxylic acids is 2. The lowest BCUT2D eigenvalue weighted by atomic mass is 9.88. The number of nitrogens with zero attached hydrogens (tertiary/aromatic N) is 1. The van der Waals surface area contributed by atoms with Crippen molar-refractivity contribution in [3.63, 3.8) is 0 Å². The summed E-state index contributed by atoms with van der Waals surface area (Å²) in [6.45, 7) is 27.5. The van der Waals surface area contributed by atoms with E-state index >= 15 is 0 Å². The smallest absolute Gasteiger partial charge is 0.261 e. The molecule has 1 heterocycles. The number of hydrogen-bond donors (Lipinski definition) is 1. The van der Waals surface area contributed by atoms with Crippen LogP contribution in [0.2, 0.25) is 0 Å². The molecule has 0 bridgehead atoms. The molecule has 0 radical (unpaired) electrons. The number of nitrogens with two attached hydrogens (primary N) is 1. The second-order valence-electron chi connectivity index (χ2n) is 18.0. The van der Waals surface area contributed by atoms with Gasteiger partial charge in [-0.1, -0.05) is 65.8 Å². The van der Waals surface area contributed by atoms with Gasteiger partial charge < -0.3 is 24.7 Å². The molecular weight excluding hydrogens is 652 g/mol. The van der Waals surface area contributed by atoms with Gasteiger partial charge in [0.25, 0.3) is 11.8 Å². The van der Waals surface area contributed by atoms with Crippen molar-refractivity contribution >= 4 is 11.8 Å².